The maximum atomic E-state index is 4.56. The monoisotopic (exact) mass is 259 g/mol. The Morgan fingerprint density at radius 2 is 1.89 bits per heavy atom. The molecule has 0 unspecified atom stereocenters. The van der Waals surface area contributed by atoms with Crippen LogP contribution in [0.4, 0.5) is 5.82 Å². The third-order valence-corrected chi connectivity index (χ3v) is 3.84. The van der Waals surface area contributed by atoms with Crippen molar-refractivity contribution in [3.63, 3.8) is 0 Å². The zero-order chi connectivity index (χ0) is 13.4. The molecule has 0 N–H and O–H groups in total. The summed E-state index contributed by atoms with van der Waals surface area (Å²) < 4.78 is 1.92. The minimum absolute atomic E-state index is 0.628. The van der Waals surface area contributed by atoms with E-state index in [4.69, 9.17) is 0 Å². The Labute approximate surface area is 113 Å². The van der Waals surface area contributed by atoms with Crippen molar-refractivity contribution in [2.45, 2.75) is 26.8 Å². The topological polar surface area (TPSA) is 36.7 Å². The van der Waals surface area contributed by atoms with Crippen LogP contribution in [0.5, 0.6) is 0 Å². The molecule has 0 saturated carbocycles. The largest absolute Gasteiger partial charge is 0.352 e. The molecule has 0 spiro atoms. The Morgan fingerprint density at radius 1 is 1.16 bits per heavy atom. The first-order valence-corrected chi connectivity index (χ1v) is 6.95. The van der Waals surface area contributed by atoms with E-state index in [0.29, 0.717) is 6.04 Å². The van der Waals surface area contributed by atoms with Crippen molar-refractivity contribution >= 4 is 11.3 Å². The van der Waals surface area contributed by atoms with Gasteiger partial charge in [-0.1, -0.05) is 0 Å². The first-order valence-electron chi connectivity index (χ1n) is 6.95. The molecule has 0 aromatic carbocycles. The molecule has 1 aliphatic heterocycles. The summed E-state index contributed by atoms with van der Waals surface area (Å²) in [6.45, 7) is 10.8. The number of aromatic nitrogens is 3. The minimum Gasteiger partial charge on any atom is -0.352 e. The molecule has 3 rings (SSSR count). The predicted molar refractivity (Wildman–Crippen MR) is 76.6 cm³/mol. The molecule has 1 fully saturated rings. The molecule has 2 aromatic rings. The molecular weight excluding hydrogens is 238 g/mol. The lowest BCUT2D eigenvalue weighted by Gasteiger charge is -2.37. The van der Waals surface area contributed by atoms with E-state index in [9.17, 15) is 0 Å². The zero-order valence-electron chi connectivity index (χ0n) is 11.9. The summed E-state index contributed by atoms with van der Waals surface area (Å²) in [6, 6.07) is 2.74. The van der Waals surface area contributed by atoms with Crippen LogP contribution in [0.2, 0.25) is 0 Å². The Balaban J connectivity index is 1.85. The Morgan fingerprint density at radius 3 is 2.58 bits per heavy atom. The molecule has 19 heavy (non-hydrogen) atoms. The summed E-state index contributed by atoms with van der Waals surface area (Å²) in [4.78, 5) is 9.44. The molecule has 0 radical (unpaired) electrons. The van der Waals surface area contributed by atoms with Crippen molar-refractivity contribution in [2.24, 2.45) is 0 Å². The molecule has 0 amide bonds. The standard InChI is InChI=1S/C14H21N5/c1-11(2)17-6-8-18(9-7-17)14-13-10-12(3)16-19(13)5-4-15-14/h4-5,10-11H,6-9H2,1-3H3. The van der Waals surface area contributed by atoms with Gasteiger partial charge in [-0.25, -0.2) is 9.50 Å². The van der Waals surface area contributed by atoms with Crippen LogP contribution in [0.25, 0.3) is 5.52 Å². The number of hydrogen-bond donors (Lipinski definition) is 0. The van der Waals surface area contributed by atoms with E-state index < -0.39 is 0 Å². The normalized spacial score (nSPS) is 17.6. The number of hydrogen-bond acceptors (Lipinski definition) is 4. The highest BCUT2D eigenvalue weighted by Gasteiger charge is 2.21. The molecule has 5 heteroatoms. The predicted octanol–water partition coefficient (Wildman–Crippen LogP) is 1.57. The number of anilines is 1. The van der Waals surface area contributed by atoms with Crippen molar-refractivity contribution in [3.8, 4) is 0 Å². The van der Waals surface area contributed by atoms with Crippen molar-refractivity contribution in [1.29, 1.82) is 0 Å². The quantitative estimate of drug-likeness (QED) is 0.820. The van der Waals surface area contributed by atoms with E-state index in [2.05, 4.69) is 39.8 Å². The van der Waals surface area contributed by atoms with E-state index >= 15 is 0 Å². The Bertz CT molecular complexity index is 566. The van der Waals surface area contributed by atoms with Gasteiger partial charge in [0.1, 0.15) is 5.52 Å². The van der Waals surface area contributed by atoms with Crippen LogP contribution in [-0.4, -0.2) is 51.7 Å². The van der Waals surface area contributed by atoms with Gasteiger partial charge in [0.05, 0.1) is 5.69 Å². The van der Waals surface area contributed by atoms with Crippen molar-refractivity contribution in [1.82, 2.24) is 19.5 Å². The zero-order valence-corrected chi connectivity index (χ0v) is 11.9. The van der Waals surface area contributed by atoms with Crippen LogP contribution in [0, 0.1) is 6.92 Å². The second-order valence-corrected chi connectivity index (χ2v) is 5.48. The maximum absolute atomic E-state index is 4.56. The fourth-order valence-electron chi connectivity index (χ4n) is 2.72. The van der Waals surface area contributed by atoms with Gasteiger partial charge in [0, 0.05) is 44.6 Å². The average molecular weight is 259 g/mol. The molecule has 0 aliphatic carbocycles. The third-order valence-electron chi connectivity index (χ3n) is 3.84. The minimum atomic E-state index is 0.628. The Kier molecular flexibility index (Phi) is 3.14. The maximum Gasteiger partial charge on any atom is 0.154 e. The molecule has 5 nitrogen and oxygen atoms in total. The van der Waals surface area contributed by atoms with Gasteiger partial charge in [-0.05, 0) is 26.8 Å². The first kappa shape index (κ1) is 12.4. The summed E-state index contributed by atoms with van der Waals surface area (Å²) in [5.74, 6) is 1.06. The van der Waals surface area contributed by atoms with Gasteiger partial charge < -0.3 is 4.90 Å². The van der Waals surface area contributed by atoms with Gasteiger partial charge in [-0.15, -0.1) is 0 Å². The summed E-state index contributed by atoms with van der Waals surface area (Å²) >= 11 is 0. The molecule has 102 valence electrons. The summed E-state index contributed by atoms with van der Waals surface area (Å²) in [5, 5.41) is 4.45. The van der Waals surface area contributed by atoms with Gasteiger partial charge in [0.25, 0.3) is 0 Å². The van der Waals surface area contributed by atoms with E-state index in [1.54, 1.807) is 0 Å². The fourth-order valence-corrected chi connectivity index (χ4v) is 2.72. The van der Waals surface area contributed by atoms with Gasteiger partial charge in [-0.3, -0.25) is 4.90 Å². The van der Waals surface area contributed by atoms with Crippen LogP contribution >= 0.6 is 0 Å². The second-order valence-electron chi connectivity index (χ2n) is 5.48. The number of rotatable bonds is 2. The highest BCUT2D eigenvalue weighted by Crippen LogP contribution is 2.21. The van der Waals surface area contributed by atoms with Crippen molar-refractivity contribution < 1.29 is 0 Å². The van der Waals surface area contributed by atoms with Crippen LogP contribution in [0.1, 0.15) is 19.5 Å². The van der Waals surface area contributed by atoms with Crippen LogP contribution in [-0.2, 0) is 0 Å². The van der Waals surface area contributed by atoms with Crippen LogP contribution < -0.4 is 4.90 Å². The lowest BCUT2D eigenvalue weighted by atomic mass is 10.2. The van der Waals surface area contributed by atoms with Gasteiger partial charge in [0.2, 0.25) is 0 Å². The Hall–Kier alpha value is -1.62. The highest BCUT2D eigenvalue weighted by atomic mass is 15.3. The fraction of sp³-hybridized carbons (Fsp3) is 0.571. The molecule has 0 atom stereocenters. The SMILES string of the molecule is Cc1cc2c(N3CCN(C(C)C)CC3)nccn2n1. The average Bonchev–Trinajstić information content (AvgIpc) is 2.78. The molecule has 1 saturated heterocycles. The molecule has 2 aromatic heterocycles. The number of fused-ring (bicyclic) bond motifs is 1. The van der Waals surface area contributed by atoms with Crippen molar-refractivity contribution in [3.05, 3.63) is 24.2 Å². The number of aryl methyl sites for hydroxylation is 1. The van der Waals surface area contributed by atoms with Gasteiger partial charge in [-0.2, -0.15) is 5.10 Å². The summed E-state index contributed by atoms with van der Waals surface area (Å²) in [6.07, 6.45) is 3.75. The van der Waals surface area contributed by atoms with Crippen LogP contribution in [0.15, 0.2) is 18.5 Å². The highest BCUT2D eigenvalue weighted by molar-refractivity contribution is 5.69. The first-order chi connectivity index (χ1) is 9.15. The molecular formula is C14H21N5. The van der Waals surface area contributed by atoms with Crippen molar-refractivity contribution in [2.75, 3.05) is 31.1 Å². The third kappa shape index (κ3) is 2.30. The van der Waals surface area contributed by atoms with E-state index in [1.165, 1.54) is 0 Å². The lowest BCUT2D eigenvalue weighted by molar-refractivity contribution is 0.209. The smallest absolute Gasteiger partial charge is 0.154 e. The lowest BCUT2D eigenvalue weighted by Crippen LogP contribution is -2.49. The summed E-state index contributed by atoms with van der Waals surface area (Å²) in [5.41, 5.74) is 2.15. The van der Waals surface area contributed by atoms with E-state index in [-0.39, 0.29) is 0 Å². The summed E-state index contributed by atoms with van der Waals surface area (Å²) in [7, 11) is 0. The van der Waals surface area contributed by atoms with Crippen LogP contribution in [0.3, 0.4) is 0 Å². The van der Waals surface area contributed by atoms with Gasteiger partial charge in [0.15, 0.2) is 5.82 Å². The second kappa shape index (κ2) is 4.81. The van der Waals surface area contributed by atoms with E-state index in [0.717, 1.165) is 43.2 Å². The number of piperazine rings is 1. The molecule has 0 bridgehead atoms. The molecule has 3 heterocycles. The van der Waals surface area contributed by atoms with Gasteiger partial charge >= 0.3 is 0 Å². The number of nitrogens with zero attached hydrogens (tertiary/aromatic N) is 5. The van der Waals surface area contributed by atoms with E-state index in [1.807, 2.05) is 23.8 Å². The molecule has 1 aliphatic rings.